The zero-order valence-electron chi connectivity index (χ0n) is 18.3. The van der Waals surface area contributed by atoms with Crippen LogP contribution in [0.5, 0.6) is 0 Å². The SMILES string of the molecule is CCCCc1ccc(Nc2ncnc(N(Cc3ccccc3)c3ccccn3)c2N)cc1. The lowest BCUT2D eigenvalue weighted by molar-refractivity contribution is 0.795. The van der Waals surface area contributed by atoms with Gasteiger partial charge in [-0.1, -0.05) is 61.9 Å². The highest BCUT2D eigenvalue weighted by Gasteiger charge is 2.18. The van der Waals surface area contributed by atoms with Gasteiger partial charge in [-0.25, -0.2) is 15.0 Å². The van der Waals surface area contributed by atoms with Crippen LogP contribution >= 0.6 is 0 Å². The van der Waals surface area contributed by atoms with Crippen molar-refractivity contribution in [2.45, 2.75) is 32.7 Å². The Balaban J connectivity index is 1.62. The molecule has 32 heavy (non-hydrogen) atoms. The van der Waals surface area contributed by atoms with Crippen LogP contribution in [0.1, 0.15) is 30.9 Å². The summed E-state index contributed by atoms with van der Waals surface area (Å²) in [4.78, 5) is 15.4. The number of aromatic nitrogens is 3. The number of anilines is 5. The second kappa shape index (κ2) is 10.4. The Labute approximate surface area is 189 Å². The number of rotatable bonds is 9. The Morgan fingerprint density at radius 3 is 2.34 bits per heavy atom. The number of nitrogens with two attached hydrogens (primary N) is 1. The molecule has 0 saturated carbocycles. The minimum absolute atomic E-state index is 0.476. The Morgan fingerprint density at radius 1 is 0.844 bits per heavy atom. The van der Waals surface area contributed by atoms with Crippen LogP contribution in [0.15, 0.2) is 85.3 Å². The second-order valence-corrected chi connectivity index (χ2v) is 7.64. The quantitative estimate of drug-likeness (QED) is 0.349. The number of pyridine rings is 1. The van der Waals surface area contributed by atoms with E-state index in [0.29, 0.717) is 23.9 Å². The number of nitrogens with zero attached hydrogens (tertiary/aromatic N) is 4. The molecule has 0 atom stereocenters. The third-order valence-corrected chi connectivity index (χ3v) is 5.26. The second-order valence-electron chi connectivity index (χ2n) is 7.64. The van der Waals surface area contributed by atoms with Crippen molar-refractivity contribution < 1.29 is 0 Å². The topological polar surface area (TPSA) is 80.0 Å². The summed E-state index contributed by atoms with van der Waals surface area (Å²) in [6, 6.07) is 24.4. The van der Waals surface area contributed by atoms with Crippen molar-refractivity contribution in [3.05, 3.63) is 96.4 Å². The molecular weight excluding hydrogens is 396 g/mol. The van der Waals surface area contributed by atoms with Crippen molar-refractivity contribution in [1.29, 1.82) is 0 Å². The normalized spacial score (nSPS) is 10.7. The van der Waals surface area contributed by atoms with Crippen molar-refractivity contribution in [1.82, 2.24) is 15.0 Å². The van der Waals surface area contributed by atoms with E-state index in [1.165, 1.54) is 24.7 Å². The minimum Gasteiger partial charge on any atom is -0.393 e. The Morgan fingerprint density at radius 2 is 1.62 bits per heavy atom. The summed E-state index contributed by atoms with van der Waals surface area (Å²) in [5, 5.41) is 3.34. The third-order valence-electron chi connectivity index (χ3n) is 5.26. The summed E-state index contributed by atoms with van der Waals surface area (Å²) in [5.41, 5.74) is 10.4. The predicted molar refractivity (Wildman–Crippen MR) is 131 cm³/mol. The molecule has 0 saturated heterocycles. The number of benzene rings is 2. The summed E-state index contributed by atoms with van der Waals surface area (Å²) < 4.78 is 0. The zero-order chi connectivity index (χ0) is 22.2. The van der Waals surface area contributed by atoms with Gasteiger partial charge in [0.25, 0.3) is 0 Å². The summed E-state index contributed by atoms with van der Waals surface area (Å²) in [7, 11) is 0. The summed E-state index contributed by atoms with van der Waals surface area (Å²) in [5.74, 6) is 1.96. The van der Waals surface area contributed by atoms with Gasteiger partial charge in [0, 0.05) is 11.9 Å². The van der Waals surface area contributed by atoms with Crippen LogP contribution in [0.3, 0.4) is 0 Å². The van der Waals surface area contributed by atoms with E-state index in [1.54, 1.807) is 6.20 Å². The van der Waals surface area contributed by atoms with Gasteiger partial charge in [0.15, 0.2) is 11.6 Å². The number of hydrogen-bond donors (Lipinski definition) is 2. The average molecular weight is 425 g/mol. The maximum absolute atomic E-state index is 6.56. The third kappa shape index (κ3) is 5.21. The first-order valence-corrected chi connectivity index (χ1v) is 10.9. The van der Waals surface area contributed by atoms with E-state index in [9.17, 15) is 0 Å². The van der Waals surface area contributed by atoms with Gasteiger partial charge >= 0.3 is 0 Å². The van der Waals surface area contributed by atoms with Gasteiger partial charge < -0.3 is 16.0 Å². The minimum atomic E-state index is 0.476. The van der Waals surface area contributed by atoms with Crippen molar-refractivity contribution in [3.8, 4) is 0 Å². The summed E-state index contributed by atoms with van der Waals surface area (Å²) in [6.45, 7) is 2.79. The molecule has 0 aliphatic carbocycles. The van der Waals surface area contributed by atoms with Gasteiger partial charge in [-0.15, -0.1) is 0 Å². The molecule has 2 aromatic carbocycles. The predicted octanol–water partition coefficient (Wildman–Crippen LogP) is 5.88. The highest BCUT2D eigenvalue weighted by Crippen LogP contribution is 2.33. The molecule has 3 N–H and O–H groups in total. The smallest absolute Gasteiger partial charge is 0.163 e. The molecule has 0 fully saturated rings. The molecule has 0 unspecified atom stereocenters. The zero-order valence-corrected chi connectivity index (χ0v) is 18.3. The first-order chi connectivity index (χ1) is 15.7. The van der Waals surface area contributed by atoms with Gasteiger partial charge in [-0.05, 0) is 48.2 Å². The standard InChI is InChI=1S/C26H28N6/c1-2-3-9-20-13-15-22(16-14-20)31-25-24(27)26(30-19-29-25)32(23-12-7-8-17-28-23)18-21-10-5-4-6-11-21/h4-8,10-17,19H,2-3,9,18,27H2,1H3,(H,29,30,31). The number of nitrogen functional groups attached to an aromatic ring is 1. The Bertz CT molecular complexity index is 1110. The van der Waals surface area contributed by atoms with E-state index in [0.717, 1.165) is 23.5 Å². The van der Waals surface area contributed by atoms with Crippen LogP contribution < -0.4 is 16.0 Å². The monoisotopic (exact) mass is 424 g/mol. The van der Waals surface area contributed by atoms with Gasteiger partial charge in [-0.2, -0.15) is 0 Å². The maximum atomic E-state index is 6.56. The molecular formula is C26H28N6. The van der Waals surface area contributed by atoms with E-state index in [2.05, 4.69) is 63.6 Å². The van der Waals surface area contributed by atoms with Crippen molar-refractivity contribution in [2.24, 2.45) is 0 Å². The molecule has 2 heterocycles. The molecule has 0 spiro atoms. The van der Waals surface area contributed by atoms with Gasteiger partial charge in [0.2, 0.25) is 0 Å². The first-order valence-electron chi connectivity index (χ1n) is 10.9. The van der Waals surface area contributed by atoms with Crippen LogP contribution in [-0.2, 0) is 13.0 Å². The molecule has 0 aliphatic rings. The highest BCUT2D eigenvalue weighted by molar-refractivity contribution is 5.80. The van der Waals surface area contributed by atoms with Gasteiger partial charge in [-0.3, -0.25) is 0 Å². The molecule has 2 aromatic heterocycles. The fraction of sp³-hybridized carbons (Fsp3) is 0.192. The molecule has 0 bridgehead atoms. The van der Waals surface area contributed by atoms with Crippen LogP contribution in [-0.4, -0.2) is 15.0 Å². The fourth-order valence-electron chi connectivity index (χ4n) is 3.52. The van der Waals surface area contributed by atoms with Crippen LogP contribution in [0.25, 0.3) is 0 Å². The molecule has 0 aliphatic heterocycles. The number of aryl methyl sites for hydroxylation is 1. The molecule has 4 rings (SSSR count). The Kier molecular flexibility index (Phi) is 6.92. The Hall–Kier alpha value is -3.93. The van der Waals surface area contributed by atoms with Crippen molar-refractivity contribution >= 4 is 28.8 Å². The first kappa shape index (κ1) is 21.3. The van der Waals surface area contributed by atoms with Crippen LogP contribution in [0, 0.1) is 0 Å². The molecule has 0 amide bonds. The van der Waals surface area contributed by atoms with Crippen LogP contribution in [0.4, 0.5) is 28.8 Å². The van der Waals surface area contributed by atoms with E-state index < -0.39 is 0 Å². The van der Waals surface area contributed by atoms with Crippen LogP contribution in [0.2, 0.25) is 0 Å². The van der Waals surface area contributed by atoms with E-state index >= 15 is 0 Å². The summed E-state index contributed by atoms with van der Waals surface area (Å²) in [6.07, 6.45) is 6.78. The number of nitrogens with one attached hydrogen (secondary N) is 1. The van der Waals surface area contributed by atoms with E-state index in [4.69, 9.17) is 5.73 Å². The molecule has 6 nitrogen and oxygen atoms in total. The van der Waals surface area contributed by atoms with E-state index in [-0.39, 0.29) is 0 Å². The molecule has 4 aromatic rings. The highest BCUT2D eigenvalue weighted by atomic mass is 15.3. The largest absolute Gasteiger partial charge is 0.393 e. The van der Waals surface area contributed by atoms with Gasteiger partial charge in [0.1, 0.15) is 17.8 Å². The molecule has 0 radical (unpaired) electrons. The van der Waals surface area contributed by atoms with Crippen molar-refractivity contribution in [2.75, 3.05) is 16.0 Å². The number of unbranched alkanes of at least 4 members (excludes halogenated alkanes) is 1. The average Bonchev–Trinajstić information content (AvgIpc) is 2.85. The lowest BCUT2D eigenvalue weighted by Crippen LogP contribution is -2.21. The summed E-state index contributed by atoms with van der Waals surface area (Å²) >= 11 is 0. The molecule has 162 valence electrons. The van der Waals surface area contributed by atoms with E-state index in [1.807, 2.05) is 41.3 Å². The molecule has 6 heteroatoms. The maximum Gasteiger partial charge on any atom is 0.163 e. The lowest BCUT2D eigenvalue weighted by atomic mass is 10.1. The fourth-order valence-corrected chi connectivity index (χ4v) is 3.52. The lowest BCUT2D eigenvalue weighted by Gasteiger charge is -2.25. The van der Waals surface area contributed by atoms with Gasteiger partial charge in [0.05, 0.1) is 6.54 Å². The van der Waals surface area contributed by atoms with Crippen molar-refractivity contribution in [3.63, 3.8) is 0 Å². The number of hydrogen-bond acceptors (Lipinski definition) is 6.